The van der Waals surface area contributed by atoms with Crippen LogP contribution in [-0.4, -0.2) is 44.6 Å². The number of hydrogen-bond acceptors (Lipinski definition) is 5. The van der Waals surface area contributed by atoms with E-state index in [-0.39, 0.29) is 18.5 Å². The molecule has 2 atom stereocenters. The normalized spacial score (nSPS) is 25.3. The van der Waals surface area contributed by atoms with Crippen molar-refractivity contribution in [2.45, 2.75) is 97.3 Å². The number of esters is 1. The van der Waals surface area contributed by atoms with E-state index in [2.05, 4.69) is 26.7 Å². The Balaban J connectivity index is 1.93. The molecule has 0 saturated heterocycles. The fraction of sp³-hybridized carbons (Fsp3) is 0.788. The van der Waals surface area contributed by atoms with Gasteiger partial charge in [-0.05, 0) is 81.5 Å². The number of carbonyl (C=O) groups excluding carboxylic acids is 1. The smallest absolute Gasteiger partial charge is 0.333 e. The molecule has 5 heteroatoms. The lowest BCUT2D eigenvalue weighted by Crippen LogP contribution is -2.35. The number of unbranched alkanes of at least 4 members (excludes halogenated alkanes) is 2. The summed E-state index contributed by atoms with van der Waals surface area (Å²) in [5.74, 6) is 3.77. The van der Waals surface area contributed by atoms with E-state index >= 15 is 0 Å². The highest BCUT2D eigenvalue weighted by atomic mass is 16.5. The van der Waals surface area contributed by atoms with Crippen LogP contribution < -0.4 is 0 Å². The molecule has 2 unspecified atom stereocenters. The van der Waals surface area contributed by atoms with E-state index in [1.807, 2.05) is 0 Å². The Morgan fingerprint density at radius 2 is 1.55 bits per heavy atom. The van der Waals surface area contributed by atoms with E-state index in [1.165, 1.54) is 77.0 Å². The quantitative estimate of drug-likeness (QED) is 0.0646. The van der Waals surface area contributed by atoms with E-state index in [1.54, 1.807) is 14.0 Å². The summed E-state index contributed by atoms with van der Waals surface area (Å²) in [7, 11) is 1.76. The molecule has 2 aliphatic carbocycles. The minimum Gasteiger partial charge on any atom is -0.494 e. The first-order valence-electron chi connectivity index (χ1n) is 15.2. The van der Waals surface area contributed by atoms with Crippen LogP contribution in [0.3, 0.4) is 0 Å². The van der Waals surface area contributed by atoms with Crippen LogP contribution in [0.15, 0.2) is 36.6 Å². The van der Waals surface area contributed by atoms with E-state index in [9.17, 15) is 9.90 Å². The second-order valence-corrected chi connectivity index (χ2v) is 12.0. The molecule has 0 heterocycles. The van der Waals surface area contributed by atoms with E-state index in [0.717, 1.165) is 24.2 Å². The second kappa shape index (κ2) is 17.9. The summed E-state index contributed by atoms with van der Waals surface area (Å²) in [4.78, 5) is 12.2. The maximum atomic E-state index is 12.2. The van der Waals surface area contributed by atoms with Gasteiger partial charge in [0.25, 0.3) is 0 Å². The molecule has 0 spiro atoms. The first-order chi connectivity index (χ1) is 18.3. The summed E-state index contributed by atoms with van der Waals surface area (Å²) in [6.07, 6.45) is 17.0. The number of ether oxygens (including phenoxy) is 3. The molecule has 2 aliphatic rings. The van der Waals surface area contributed by atoms with Crippen LogP contribution in [0.4, 0.5) is 0 Å². The molecular formula is C33H56O5. The third-order valence-corrected chi connectivity index (χ3v) is 9.29. The fourth-order valence-corrected chi connectivity index (χ4v) is 6.78. The number of rotatable bonds is 18. The summed E-state index contributed by atoms with van der Waals surface area (Å²) < 4.78 is 17.1. The monoisotopic (exact) mass is 532 g/mol. The summed E-state index contributed by atoms with van der Waals surface area (Å²) in [5, 5.41) is 9.29. The van der Waals surface area contributed by atoms with Crippen LogP contribution >= 0.6 is 0 Å². The molecule has 2 saturated carbocycles. The zero-order chi connectivity index (χ0) is 27.9. The van der Waals surface area contributed by atoms with E-state index in [4.69, 9.17) is 14.2 Å². The third-order valence-electron chi connectivity index (χ3n) is 9.29. The van der Waals surface area contributed by atoms with E-state index in [0.29, 0.717) is 48.6 Å². The molecule has 2 fully saturated rings. The fourth-order valence-electron chi connectivity index (χ4n) is 6.78. The summed E-state index contributed by atoms with van der Waals surface area (Å²) in [5.41, 5.74) is 0.897. The molecule has 0 amide bonds. The predicted molar refractivity (Wildman–Crippen MR) is 156 cm³/mol. The highest BCUT2D eigenvalue weighted by Gasteiger charge is 2.36. The van der Waals surface area contributed by atoms with Crippen molar-refractivity contribution < 1.29 is 24.1 Å². The molecular weight excluding hydrogens is 476 g/mol. The molecule has 0 aromatic heterocycles. The Hall–Kier alpha value is -1.59. The van der Waals surface area contributed by atoms with Crippen molar-refractivity contribution in [1.29, 1.82) is 0 Å². The lowest BCUT2D eigenvalue weighted by molar-refractivity contribution is -0.142. The van der Waals surface area contributed by atoms with Gasteiger partial charge in [-0.1, -0.05) is 65.2 Å². The Bertz CT molecular complexity index is 728. The topological polar surface area (TPSA) is 65.0 Å². The average Bonchev–Trinajstić information content (AvgIpc) is 2.93. The van der Waals surface area contributed by atoms with Crippen LogP contribution in [0.1, 0.15) is 97.3 Å². The average molecular weight is 533 g/mol. The van der Waals surface area contributed by atoms with Crippen molar-refractivity contribution >= 4 is 5.97 Å². The zero-order valence-electron chi connectivity index (χ0n) is 24.7. The zero-order valence-corrected chi connectivity index (χ0v) is 24.7. The minimum absolute atomic E-state index is 0.119. The molecule has 0 aliphatic heterocycles. The van der Waals surface area contributed by atoms with Crippen molar-refractivity contribution in [1.82, 2.24) is 0 Å². The molecule has 5 nitrogen and oxygen atoms in total. The minimum atomic E-state index is -0.348. The van der Waals surface area contributed by atoms with Gasteiger partial charge in [-0.15, -0.1) is 0 Å². The standard InChI is InChI=1S/C33H56O5/c1-7-8-9-10-27-11-13-28(14-12-27)29-15-17-30(18-16-29)32(23-36-6)31(22-38-33(35)24(2)3)19-20-37-26(5)25(4)21-34/h27-32,34H,2,4-5,7-23H2,1,3,6H3. The molecule has 1 N–H and O–H groups in total. The van der Waals surface area contributed by atoms with Crippen molar-refractivity contribution in [3.8, 4) is 0 Å². The Kier molecular flexibility index (Phi) is 15.4. The number of aliphatic hydroxyl groups excluding tert-OH is 1. The van der Waals surface area contributed by atoms with Crippen LogP contribution in [-0.2, 0) is 19.0 Å². The largest absolute Gasteiger partial charge is 0.494 e. The van der Waals surface area contributed by atoms with E-state index < -0.39 is 0 Å². The van der Waals surface area contributed by atoms with Gasteiger partial charge in [-0.25, -0.2) is 4.79 Å². The van der Waals surface area contributed by atoms with Crippen molar-refractivity contribution in [3.63, 3.8) is 0 Å². The lowest BCUT2D eigenvalue weighted by atomic mass is 9.65. The Morgan fingerprint density at radius 1 is 0.921 bits per heavy atom. The number of hydrogen-bond donors (Lipinski definition) is 1. The first kappa shape index (κ1) is 32.6. The van der Waals surface area contributed by atoms with Gasteiger partial charge in [-0.3, -0.25) is 0 Å². The van der Waals surface area contributed by atoms with Crippen LogP contribution in [0.25, 0.3) is 0 Å². The van der Waals surface area contributed by atoms with Gasteiger partial charge in [-0.2, -0.15) is 0 Å². The molecule has 0 aromatic carbocycles. The van der Waals surface area contributed by atoms with Gasteiger partial charge in [0.1, 0.15) is 5.76 Å². The predicted octanol–water partition coefficient (Wildman–Crippen LogP) is 7.65. The van der Waals surface area contributed by atoms with Gasteiger partial charge < -0.3 is 19.3 Å². The van der Waals surface area contributed by atoms with Gasteiger partial charge in [0.15, 0.2) is 0 Å². The first-order valence-corrected chi connectivity index (χ1v) is 15.2. The maximum absolute atomic E-state index is 12.2. The lowest BCUT2D eigenvalue weighted by Gasteiger charge is -2.41. The van der Waals surface area contributed by atoms with Crippen LogP contribution in [0.5, 0.6) is 0 Å². The highest BCUT2D eigenvalue weighted by Crippen LogP contribution is 2.45. The molecule has 218 valence electrons. The van der Waals surface area contributed by atoms with Gasteiger partial charge in [0.2, 0.25) is 0 Å². The number of methoxy groups -OCH3 is 1. The van der Waals surface area contributed by atoms with Gasteiger partial charge in [0.05, 0.1) is 19.8 Å². The van der Waals surface area contributed by atoms with Gasteiger partial charge >= 0.3 is 5.97 Å². The molecule has 0 aromatic rings. The van der Waals surface area contributed by atoms with Crippen LogP contribution in [0, 0.1) is 35.5 Å². The summed E-state index contributed by atoms with van der Waals surface area (Å²) in [6, 6.07) is 0. The highest BCUT2D eigenvalue weighted by molar-refractivity contribution is 5.86. The number of aliphatic hydroxyl groups is 1. The SMILES string of the molecule is C=C(C)C(=O)OCC(CCOC(=C)C(=C)CO)C(COC)C1CCC(C2CCC(CCCCC)CC2)CC1. The van der Waals surface area contributed by atoms with Crippen molar-refractivity contribution in [3.05, 3.63) is 36.6 Å². The summed E-state index contributed by atoms with van der Waals surface area (Å²) >= 11 is 0. The van der Waals surface area contributed by atoms with Crippen LogP contribution in [0.2, 0.25) is 0 Å². The van der Waals surface area contributed by atoms with Crippen molar-refractivity contribution in [2.24, 2.45) is 35.5 Å². The second-order valence-electron chi connectivity index (χ2n) is 12.0. The third kappa shape index (κ3) is 10.9. The molecule has 38 heavy (non-hydrogen) atoms. The van der Waals surface area contributed by atoms with Crippen molar-refractivity contribution in [2.75, 3.05) is 33.5 Å². The molecule has 2 rings (SSSR count). The molecule has 0 radical (unpaired) electrons. The molecule has 0 bridgehead atoms. The van der Waals surface area contributed by atoms with Gasteiger partial charge in [0, 0.05) is 30.8 Å². The number of carbonyl (C=O) groups is 1. The Morgan fingerprint density at radius 3 is 2.11 bits per heavy atom. The summed E-state index contributed by atoms with van der Waals surface area (Å²) in [6.45, 7) is 16.6. The maximum Gasteiger partial charge on any atom is 0.333 e. The Labute approximate surface area is 233 Å².